The molecule has 7 heteroatoms. The lowest BCUT2D eigenvalue weighted by atomic mass is 10.0. The predicted octanol–water partition coefficient (Wildman–Crippen LogP) is 5.09. The summed E-state index contributed by atoms with van der Waals surface area (Å²) < 4.78 is 5.43. The van der Waals surface area contributed by atoms with Gasteiger partial charge in [-0.25, -0.2) is 14.8 Å². The Morgan fingerprint density at radius 3 is 2.57 bits per heavy atom. The monoisotopic (exact) mass is 396 g/mol. The molecule has 3 aromatic rings. The normalized spacial score (nSPS) is 12.2. The number of ether oxygens (including phenoxy) is 1. The fourth-order valence-corrected chi connectivity index (χ4v) is 3.35. The second-order valence-corrected chi connectivity index (χ2v) is 8.16. The number of hydrogen-bond donors (Lipinski definition) is 2. The molecule has 2 heterocycles. The fourth-order valence-electron chi connectivity index (χ4n) is 2.58. The zero-order valence-corrected chi connectivity index (χ0v) is 17.0. The summed E-state index contributed by atoms with van der Waals surface area (Å²) >= 11 is 1.47. The number of hydrogen-bond acceptors (Lipinski definition) is 6. The zero-order chi connectivity index (χ0) is 20.0. The summed E-state index contributed by atoms with van der Waals surface area (Å²) in [6.07, 6.45) is 1.88. The van der Waals surface area contributed by atoms with E-state index in [9.17, 15) is 4.79 Å². The van der Waals surface area contributed by atoms with Crippen molar-refractivity contribution < 1.29 is 9.53 Å². The summed E-state index contributed by atoms with van der Waals surface area (Å²) in [5.41, 5.74) is 1.32. The number of amides is 1. The highest BCUT2D eigenvalue weighted by Gasteiger charge is 2.22. The van der Waals surface area contributed by atoms with Gasteiger partial charge >= 0.3 is 6.09 Å². The van der Waals surface area contributed by atoms with Crippen LogP contribution in [0.2, 0.25) is 0 Å². The van der Waals surface area contributed by atoms with Crippen LogP contribution in [-0.2, 0) is 11.2 Å². The quantitative estimate of drug-likeness (QED) is 0.607. The maximum Gasteiger partial charge on any atom is 0.408 e. The molecule has 2 N–H and O–H groups in total. The Hall–Kier alpha value is -2.93. The van der Waals surface area contributed by atoms with Gasteiger partial charge in [0.1, 0.15) is 11.4 Å². The molecule has 28 heavy (non-hydrogen) atoms. The van der Waals surface area contributed by atoms with Crippen molar-refractivity contribution in [3.63, 3.8) is 0 Å². The Morgan fingerprint density at radius 2 is 1.89 bits per heavy atom. The highest BCUT2D eigenvalue weighted by molar-refractivity contribution is 7.13. The van der Waals surface area contributed by atoms with Crippen LogP contribution in [0.3, 0.4) is 0 Å². The first-order chi connectivity index (χ1) is 13.4. The van der Waals surface area contributed by atoms with Crippen LogP contribution in [-0.4, -0.2) is 21.7 Å². The largest absolute Gasteiger partial charge is 0.444 e. The van der Waals surface area contributed by atoms with Crippen LogP contribution >= 0.6 is 11.3 Å². The van der Waals surface area contributed by atoms with E-state index in [-0.39, 0.29) is 6.04 Å². The van der Waals surface area contributed by atoms with Crippen molar-refractivity contribution in [1.29, 1.82) is 0 Å². The predicted molar refractivity (Wildman–Crippen MR) is 112 cm³/mol. The number of nitrogens with zero attached hydrogens (tertiary/aromatic N) is 2. The van der Waals surface area contributed by atoms with E-state index in [1.54, 1.807) is 6.20 Å². The van der Waals surface area contributed by atoms with Crippen molar-refractivity contribution in [3.05, 3.63) is 71.4 Å². The first kappa shape index (κ1) is 19.8. The van der Waals surface area contributed by atoms with E-state index in [1.807, 2.05) is 74.7 Å². The van der Waals surface area contributed by atoms with Gasteiger partial charge in [-0.3, -0.25) is 0 Å². The summed E-state index contributed by atoms with van der Waals surface area (Å²) in [5.74, 6) is 0.725. The van der Waals surface area contributed by atoms with Gasteiger partial charge < -0.3 is 15.4 Å². The molecule has 1 amide bonds. The number of carbonyl (C=O) groups excluding carboxylic acids is 1. The number of pyridine rings is 1. The van der Waals surface area contributed by atoms with Crippen molar-refractivity contribution in [3.8, 4) is 0 Å². The van der Waals surface area contributed by atoms with Gasteiger partial charge in [0.2, 0.25) is 0 Å². The van der Waals surface area contributed by atoms with Crippen LogP contribution in [0.15, 0.2) is 60.1 Å². The molecule has 0 saturated heterocycles. The van der Waals surface area contributed by atoms with E-state index in [1.165, 1.54) is 11.3 Å². The SMILES string of the molecule is CC(C)(C)OC(=O)N[C@@H](Cc1ccccc1)c1csc(Nc2ccccn2)n1. The third-order valence-corrected chi connectivity index (χ3v) is 4.53. The lowest BCUT2D eigenvalue weighted by molar-refractivity contribution is 0.0502. The molecule has 6 nitrogen and oxygen atoms in total. The van der Waals surface area contributed by atoms with Gasteiger partial charge in [-0.15, -0.1) is 11.3 Å². The number of aromatic nitrogens is 2. The van der Waals surface area contributed by atoms with Crippen LogP contribution in [0.5, 0.6) is 0 Å². The van der Waals surface area contributed by atoms with Gasteiger partial charge in [-0.2, -0.15) is 0 Å². The summed E-state index contributed by atoms with van der Waals surface area (Å²) in [6, 6.07) is 15.3. The van der Waals surface area contributed by atoms with Gasteiger partial charge in [-0.1, -0.05) is 36.4 Å². The van der Waals surface area contributed by atoms with Crippen LogP contribution < -0.4 is 10.6 Å². The average molecular weight is 397 g/mol. The maximum absolute atomic E-state index is 12.3. The maximum atomic E-state index is 12.3. The third-order valence-electron chi connectivity index (χ3n) is 3.75. The number of nitrogens with one attached hydrogen (secondary N) is 2. The highest BCUT2D eigenvalue weighted by atomic mass is 32.1. The van der Waals surface area contributed by atoms with Gasteiger partial charge in [-0.05, 0) is 44.9 Å². The molecule has 146 valence electrons. The molecule has 0 aliphatic carbocycles. The van der Waals surface area contributed by atoms with Crippen molar-refractivity contribution >= 4 is 28.4 Å². The summed E-state index contributed by atoms with van der Waals surface area (Å²) in [7, 11) is 0. The summed E-state index contributed by atoms with van der Waals surface area (Å²) in [6.45, 7) is 5.53. The molecule has 0 fully saturated rings. The van der Waals surface area contributed by atoms with Crippen molar-refractivity contribution in [2.45, 2.75) is 38.8 Å². The number of thiazole rings is 1. The van der Waals surface area contributed by atoms with Gasteiger partial charge in [0.15, 0.2) is 5.13 Å². The molecule has 3 rings (SSSR count). The van der Waals surface area contributed by atoms with Crippen LogP contribution in [0, 0.1) is 0 Å². The van der Waals surface area contributed by atoms with Crippen molar-refractivity contribution in [2.75, 3.05) is 5.32 Å². The zero-order valence-electron chi connectivity index (χ0n) is 16.2. The van der Waals surface area contributed by atoms with Gasteiger partial charge in [0.25, 0.3) is 0 Å². The molecule has 0 saturated carbocycles. The molecule has 0 radical (unpaired) electrons. The molecule has 2 aromatic heterocycles. The Balaban J connectivity index is 1.77. The second-order valence-electron chi connectivity index (χ2n) is 7.31. The summed E-state index contributed by atoms with van der Waals surface area (Å²) in [5, 5.41) is 8.80. The Morgan fingerprint density at radius 1 is 1.14 bits per heavy atom. The number of carbonyl (C=O) groups is 1. The second kappa shape index (κ2) is 8.84. The molecule has 0 aliphatic rings. The van der Waals surface area contributed by atoms with E-state index in [4.69, 9.17) is 4.74 Å². The van der Waals surface area contributed by atoms with Crippen LogP contribution in [0.1, 0.15) is 38.1 Å². The van der Waals surface area contributed by atoms with Gasteiger partial charge in [0, 0.05) is 11.6 Å². The first-order valence-electron chi connectivity index (χ1n) is 9.06. The Kier molecular flexibility index (Phi) is 6.26. The van der Waals surface area contributed by atoms with Crippen molar-refractivity contribution in [2.24, 2.45) is 0 Å². The molecule has 1 atom stereocenters. The smallest absolute Gasteiger partial charge is 0.408 e. The minimum absolute atomic E-state index is 0.298. The topological polar surface area (TPSA) is 76.1 Å². The first-order valence-corrected chi connectivity index (χ1v) is 9.94. The molecule has 0 aliphatic heterocycles. The lowest BCUT2D eigenvalue weighted by Gasteiger charge is -2.23. The van der Waals surface area contributed by atoms with E-state index < -0.39 is 11.7 Å². The standard InChI is InChI=1S/C21H24N4O2S/c1-21(2,3)27-20(26)24-16(13-15-9-5-4-6-10-15)17-14-28-19(23-17)25-18-11-7-8-12-22-18/h4-12,14,16H,13H2,1-3H3,(H,24,26)(H,22,23,25)/t16-/m0/s1. The molecule has 1 aromatic carbocycles. The van der Waals surface area contributed by atoms with E-state index in [0.717, 1.165) is 22.2 Å². The van der Waals surface area contributed by atoms with Crippen LogP contribution in [0.4, 0.5) is 15.7 Å². The molecule has 0 bridgehead atoms. The van der Waals surface area contributed by atoms with Crippen LogP contribution in [0.25, 0.3) is 0 Å². The van der Waals surface area contributed by atoms with E-state index in [2.05, 4.69) is 20.6 Å². The minimum Gasteiger partial charge on any atom is -0.444 e. The fraction of sp³-hybridized carbons (Fsp3) is 0.286. The average Bonchev–Trinajstić information content (AvgIpc) is 3.10. The molecular formula is C21H24N4O2S. The lowest BCUT2D eigenvalue weighted by Crippen LogP contribution is -2.35. The highest BCUT2D eigenvalue weighted by Crippen LogP contribution is 2.26. The molecule has 0 spiro atoms. The molecular weight excluding hydrogens is 372 g/mol. The number of rotatable bonds is 6. The summed E-state index contributed by atoms with van der Waals surface area (Å²) in [4.78, 5) is 21.2. The minimum atomic E-state index is -0.560. The Labute approximate surface area is 169 Å². The molecule has 0 unspecified atom stereocenters. The third kappa shape index (κ3) is 6.06. The van der Waals surface area contributed by atoms with E-state index in [0.29, 0.717) is 6.42 Å². The number of benzene rings is 1. The Bertz CT molecular complexity index is 892. The van der Waals surface area contributed by atoms with Gasteiger partial charge in [0.05, 0.1) is 11.7 Å². The van der Waals surface area contributed by atoms with E-state index >= 15 is 0 Å². The van der Waals surface area contributed by atoms with Crippen molar-refractivity contribution in [1.82, 2.24) is 15.3 Å². The number of anilines is 2. The number of alkyl carbamates (subject to hydrolysis) is 1.